The SMILES string of the molecule is CN1c2ccccc2NC1c1ccc(-c2[nH]c3ccccc3[n+]2C)o1. The molecule has 2 N–H and O–H groups in total. The predicted molar refractivity (Wildman–Crippen MR) is 98.4 cm³/mol. The van der Waals surface area contributed by atoms with Crippen molar-refractivity contribution in [2.75, 3.05) is 17.3 Å². The molecule has 1 atom stereocenters. The Kier molecular flexibility index (Phi) is 2.91. The molecule has 0 amide bonds. The lowest BCUT2D eigenvalue weighted by Gasteiger charge is -2.19. The van der Waals surface area contributed by atoms with E-state index >= 15 is 0 Å². The highest BCUT2D eigenvalue weighted by Crippen LogP contribution is 2.40. The third-order valence-electron chi connectivity index (χ3n) is 4.95. The number of imidazole rings is 1. The molecule has 124 valence electrons. The molecule has 0 bridgehead atoms. The van der Waals surface area contributed by atoms with Gasteiger partial charge in [0.15, 0.2) is 17.2 Å². The quantitative estimate of drug-likeness (QED) is 0.549. The minimum Gasteiger partial charge on any atom is -0.449 e. The van der Waals surface area contributed by atoms with Crippen LogP contribution in [-0.2, 0) is 7.05 Å². The average Bonchev–Trinajstić information content (AvgIpc) is 3.32. The van der Waals surface area contributed by atoms with E-state index in [-0.39, 0.29) is 6.17 Å². The monoisotopic (exact) mass is 331 g/mol. The van der Waals surface area contributed by atoms with Gasteiger partial charge in [0.2, 0.25) is 5.76 Å². The number of hydrogen-bond donors (Lipinski definition) is 2. The van der Waals surface area contributed by atoms with Crippen LogP contribution in [0.5, 0.6) is 0 Å². The molecule has 4 aromatic rings. The summed E-state index contributed by atoms with van der Waals surface area (Å²) in [6.07, 6.45) is 0.000773. The number of fused-ring (bicyclic) bond motifs is 2. The fourth-order valence-corrected chi connectivity index (χ4v) is 3.61. The molecule has 1 aliphatic rings. The molecule has 5 rings (SSSR count). The van der Waals surface area contributed by atoms with Crippen LogP contribution in [0.3, 0.4) is 0 Å². The summed E-state index contributed by atoms with van der Waals surface area (Å²) >= 11 is 0. The molecule has 5 heteroatoms. The smallest absolute Gasteiger partial charge is 0.323 e. The van der Waals surface area contributed by atoms with Crippen LogP contribution in [0.25, 0.3) is 22.6 Å². The zero-order chi connectivity index (χ0) is 17.0. The number of aryl methyl sites for hydroxylation is 1. The molecule has 1 aliphatic heterocycles. The molecule has 5 nitrogen and oxygen atoms in total. The molecule has 0 saturated carbocycles. The van der Waals surface area contributed by atoms with Crippen molar-refractivity contribution in [2.24, 2.45) is 7.05 Å². The summed E-state index contributed by atoms with van der Waals surface area (Å²) in [5.74, 6) is 2.69. The van der Waals surface area contributed by atoms with Crippen LogP contribution in [0.1, 0.15) is 11.9 Å². The average molecular weight is 331 g/mol. The Labute approximate surface area is 145 Å². The van der Waals surface area contributed by atoms with Gasteiger partial charge in [-0.2, -0.15) is 0 Å². The summed E-state index contributed by atoms with van der Waals surface area (Å²) < 4.78 is 8.33. The Morgan fingerprint density at radius 2 is 1.80 bits per heavy atom. The van der Waals surface area contributed by atoms with Crippen molar-refractivity contribution in [3.05, 3.63) is 66.4 Å². The van der Waals surface area contributed by atoms with Crippen molar-refractivity contribution < 1.29 is 8.98 Å². The van der Waals surface area contributed by atoms with Crippen molar-refractivity contribution in [1.82, 2.24) is 4.98 Å². The van der Waals surface area contributed by atoms with E-state index in [0.29, 0.717) is 0 Å². The van der Waals surface area contributed by atoms with Crippen molar-refractivity contribution in [3.8, 4) is 11.6 Å². The zero-order valence-corrected chi connectivity index (χ0v) is 14.2. The number of aromatic amines is 1. The fourth-order valence-electron chi connectivity index (χ4n) is 3.61. The number of hydrogen-bond acceptors (Lipinski definition) is 3. The third kappa shape index (κ3) is 2.05. The van der Waals surface area contributed by atoms with E-state index in [1.165, 1.54) is 5.69 Å². The van der Waals surface area contributed by atoms with Crippen LogP contribution >= 0.6 is 0 Å². The Bertz CT molecular complexity index is 1080. The van der Waals surface area contributed by atoms with Crippen molar-refractivity contribution in [2.45, 2.75) is 6.17 Å². The van der Waals surface area contributed by atoms with E-state index in [2.05, 4.69) is 57.1 Å². The summed E-state index contributed by atoms with van der Waals surface area (Å²) in [6.45, 7) is 0. The molecule has 0 aliphatic carbocycles. The van der Waals surface area contributed by atoms with Crippen molar-refractivity contribution >= 4 is 22.4 Å². The van der Waals surface area contributed by atoms with E-state index in [0.717, 1.165) is 34.1 Å². The molecule has 2 aromatic heterocycles. The number of nitrogens with one attached hydrogen (secondary N) is 2. The van der Waals surface area contributed by atoms with E-state index in [9.17, 15) is 0 Å². The lowest BCUT2D eigenvalue weighted by atomic mass is 10.3. The molecule has 0 saturated heterocycles. The van der Waals surface area contributed by atoms with Gasteiger partial charge in [-0.25, -0.2) is 9.55 Å². The minimum absolute atomic E-state index is 0.000773. The number of H-pyrrole nitrogens is 1. The molecule has 3 heterocycles. The van der Waals surface area contributed by atoms with Gasteiger partial charge >= 0.3 is 5.82 Å². The first-order valence-corrected chi connectivity index (χ1v) is 8.37. The van der Waals surface area contributed by atoms with Crippen molar-refractivity contribution in [1.29, 1.82) is 0 Å². The summed E-state index contributed by atoms with van der Waals surface area (Å²) in [5, 5.41) is 3.52. The number of furan rings is 1. The highest BCUT2D eigenvalue weighted by molar-refractivity contribution is 5.76. The highest BCUT2D eigenvalue weighted by atomic mass is 16.3. The van der Waals surface area contributed by atoms with Crippen LogP contribution in [0, 0.1) is 0 Å². The predicted octanol–water partition coefficient (Wildman–Crippen LogP) is 3.81. The standard InChI is InChI=1S/C20H18N4O/c1-23-15-9-5-3-7-13(15)21-19(23)17-11-12-18(25-17)20-22-14-8-4-6-10-16(14)24(20)2/h3-12,19,21H,1-2H3/p+1. The maximum atomic E-state index is 6.21. The minimum atomic E-state index is 0.000773. The number of anilines is 2. The Hall–Kier alpha value is -3.21. The summed E-state index contributed by atoms with van der Waals surface area (Å²) in [7, 11) is 4.13. The number of aromatic nitrogens is 2. The molecule has 2 aromatic carbocycles. The zero-order valence-electron chi connectivity index (χ0n) is 14.2. The largest absolute Gasteiger partial charge is 0.449 e. The van der Waals surface area contributed by atoms with Gasteiger partial charge in [0.05, 0.1) is 18.4 Å². The molecule has 25 heavy (non-hydrogen) atoms. The first kappa shape index (κ1) is 14.2. The van der Waals surface area contributed by atoms with Gasteiger partial charge in [-0.05, 0) is 36.4 Å². The number of nitrogens with zero attached hydrogens (tertiary/aromatic N) is 2. The molecule has 1 unspecified atom stereocenters. The Morgan fingerprint density at radius 1 is 1.00 bits per heavy atom. The second-order valence-electron chi connectivity index (χ2n) is 6.43. The molecular weight excluding hydrogens is 312 g/mol. The van der Waals surface area contributed by atoms with Crippen molar-refractivity contribution in [3.63, 3.8) is 0 Å². The number of para-hydroxylation sites is 4. The third-order valence-corrected chi connectivity index (χ3v) is 4.95. The van der Waals surface area contributed by atoms with Gasteiger partial charge in [-0.3, -0.25) is 0 Å². The van der Waals surface area contributed by atoms with Gasteiger partial charge in [-0.1, -0.05) is 24.3 Å². The van der Waals surface area contributed by atoms with Gasteiger partial charge in [0, 0.05) is 7.05 Å². The van der Waals surface area contributed by atoms with E-state index in [4.69, 9.17) is 4.42 Å². The second kappa shape index (κ2) is 5.14. The lowest BCUT2D eigenvalue weighted by Crippen LogP contribution is -2.28. The fraction of sp³-hybridized carbons (Fsp3) is 0.150. The van der Waals surface area contributed by atoms with Gasteiger partial charge < -0.3 is 14.6 Å². The molecule has 0 fully saturated rings. The first-order valence-electron chi connectivity index (χ1n) is 8.37. The van der Waals surface area contributed by atoms with Crippen LogP contribution in [0.15, 0.2) is 65.1 Å². The molecular formula is C20H19N4O+. The summed E-state index contributed by atoms with van der Waals surface area (Å²) in [6, 6.07) is 20.6. The van der Waals surface area contributed by atoms with Crippen LogP contribution in [-0.4, -0.2) is 12.0 Å². The number of rotatable bonds is 2. The van der Waals surface area contributed by atoms with E-state index < -0.39 is 0 Å². The highest BCUT2D eigenvalue weighted by Gasteiger charge is 2.30. The first-order chi connectivity index (χ1) is 12.2. The van der Waals surface area contributed by atoms with E-state index in [1.54, 1.807) is 0 Å². The Balaban J connectivity index is 1.53. The molecule has 0 radical (unpaired) electrons. The van der Waals surface area contributed by atoms with Crippen LogP contribution in [0.2, 0.25) is 0 Å². The summed E-state index contributed by atoms with van der Waals surface area (Å²) in [5.41, 5.74) is 4.56. The van der Waals surface area contributed by atoms with E-state index in [1.807, 2.05) is 37.4 Å². The topological polar surface area (TPSA) is 48.1 Å². The summed E-state index contributed by atoms with van der Waals surface area (Å²) in [4.78, 5) is 5.65. The molecule has 0 spiro atoms. The van der Waals surface area contributed by atoms with Gasteiger partial charge in [0.1, 0.15) is 5.76 Å². The Morgan fingerprint density at radius 3 is 2.64 bits per heavy atom. The lowest BCUT2D eigenvalue weighted by molar-refractivity contribution is -0.633. The normalized spacial score (nSPS) is 16.2. The van der Waals surface area contributed by atoms with Gasteiger partial charge in [-0.15, -0.1) is 0 Å². The van der Waals surface area contributed by atoms with Crippen LogP contribution < -0.4 is 14.8 Å². The maximum Gasteiger partial charge on any atom is 0.323 e. The maximum absolute atomic E-state index is 6.21. The number of benzene rings is 2. The second-order valence-corrected chi connectivity index (χ2v) is 6.43. The van der Waals surface area contributed by atoms with Gasteiger partial charge in [0.25, 0.3) is 0 Å². The van der Waals surface area contributed by atoms with Crippen LogP contribution in [0.4, 0.5) is 11.4 Å².